The zero-order valence-corrected chi connectivity index (χ0v) is 25.8. The van der Waals surface area contributed by atoms with Crippen LogP contribution in [0.4, 0.5) is 20.6 Å². The first-order chi connectivity index (χ1) is 22.0. The number of methoxy groups -OCH3 is 1. The second-order valence-corrected chi connectivity index (χ2v) is 11.4. The normalized spacial score (nSPS) is 15.0. The SMILES string of the molecule is COc1cc2c(Oc3ccc(NC(=O)N4C=CN(c5ccc(Cl)cc5)C4)cc3F)ccnc2cc1OCCCN1CCCCC1. The molecule has 1 saturated heterocycles. The number of halogens is 2. The molecule has 3 heterocycles. The van der Waals surface area contributed by atoms with E-state index in [1.165, 1.54) is 36.3 Å². The smallest absolute Gasteiger partial charge is 0.327 e. The first-order valence-electron chi connectivity index (χ1n) is 15.0. The largest absolute Gasteiger partial charge is 0.493 e. The Morgan fingerprint density at radius 1 is 0.956 bits per heavy atom. The Bertz CT molecular complexity index is 1680. The van der Waals surface area contributed by atoms with Crippen molar-refractivity contribution in [1.82, 2.24) is 14.8 Å². The lowest BCUT2D eigenvalue weighted by atomic mass is 10.1. The second-order valence-electron chi connectivity index (χ2n) is 11.0. The van der Waals surface area contributed by atoms with E-state index in [4.69, 9.17) is 25.8 Å². The molecule has 2 aliphatic rings. The molecule has 0 aliphatic carbocycles. The van der Waals surface area contributed by atoms with Crippen molar-refractivity contribution in [2.24, 2.45) is 0 Å². The van der Waals surface area contributed by atoms with E-state index in [-0.39, 0.29) is 5.75 Å². The number of likely N-dealkylation sites (tertiary alicyclic amines) is 1. The fraction of sp³-hybridized carbons (Fsp3) is 0.294. The van der Waals surface area contributed by atoms with Crippen LogP contribution in [0.2, 0.25) is 5.02 Å². The number of nitrogens with one attached hydrogen (secondary N) is 1. The fourth-order valence-corrected chi connectivity index (χ4v) is 5.60. The number of nitrogens with zero attached hydrogens (tertiary/aromatic N) is 4. The van der Waals surface area contributed by atoms with Crippen molar-refractivity contribution in [3.63, 3.8) is 0 Å². The number of piperidine rings is 1. The number of pyridine rings is 1. The quantitative estimate of drug-likeness (QED) is 0.178. The van der Waals surface area contributed by atoms with Gasteiger partial charge in [-0.05, 0) is 80.9 Å². The summed E-state index contributed by atoms with van der Waals surface area (Å²) in [6, 6.07) is 16.5. The summed E-state index contributed by atoms with van der Waals surface area (Å²) in [5.74, 6) is 0.937. The summed E-state index contributed by atoms with van der Waals surface area (Å²) < 4.78 is 32.9. The lowest BCUT2D eigenvalue weighted by molar-refractivity contribution is 0.203. The van der Waals surface area contributed by atoms with Crippen LogP contribution in [0.15, 0.2) is 79.3 Å². The molecule has 1 fully saturated rings. The van der Waals surface area contributed by atoms with Crippen LogP contribution in [0, 0.1) is 5.82 Å². The van der Waals surface area contributed by atoms with Gasteiger partial charge in [-0.2, -0.15) is 0 Å². The molecule has 1 N–H and O–H groups in total. The molecule has 45 heavy (non-hydrogen) atoms. The number of rotatable bonds is 10. The maximum atomic E-state index is 15.2. The highest BCUT2D eigenvalue weighted by Gasteiger charge is 2.21. The molecule has 0 atom stereocenters. The third-order valence-electron chi connectivity index (χ3n) is 7.87. The van der Waals surface area contributed by atoms with Gasteiger partial charge in [-0.25, -0.2) is 9.18 Å². The zero-order valence-electron chi connectivity index (χ0n) is 25.0. The van der Waals surface area contributed by atoms with Crippen LogP contribution in [0.5, 0.6) is 23.0 Å². The molecule has 3 aromatic carbocycles. The van der Waals surface area contributed by atoms with Gasteiger partial charge in [0.05, 0.1) is 19.2 Å². The third kappa shape index (κ3) is 7.41. The van der Waals surface area contributed by atoms with Crippen molar-refractivity contribution in [2.45, 2.75) is 25.7 Å². The van der Waals surface area contributed by atoms with Crippen LogP contribution in [0.25, 0.3) is 10.9 Å². The van der Waals surface area contributed by atoms with E-state index < -0.39 is 11.8 Å². The van der Waals surface area contributed by atoms with E-state index in [0.29, 0.717) is 52.1 Å². The molecular weight excluding hydrogens is 597 g/mol. The zero-order chi connectivity index (χ0) is 31.2. The molecule has 6 rings (SSSR count). The van der Waals surface area contributed by atoms with E-state index in [1.54, 1.807) is 56.0 Å². The van der Waals surface area contributed by atoms with E-state index in [0.717, 1.165) is 31.7 Å². The minimum Gasteiger partial charge on any atom is -0.493 e. The maximum Gasteiger partial charge on any atom is 0.327 e. The number of ether oxygens (including phenoxy) is 3. The van der Waals surface area contributed by atoms with E-state index in [9.17, 15) is 4.79 Å². The Morgan fingerprint density at radius 3 is 2.56 bits per heavy atom. The van der Waals surface area contributed by atoms with Gasteiger partial charge in [-0.15, -0.1) is 0 Å². The molecule has 1 aromatic heterocycles. The molecule has 2 aliphatic heterocycles. The Morgan fingerprint density at radius 2 is 1.78 bits per heavy atom. The predicted octanol–water partition coefficient (Wildman–Crippen LogP) is 7.87. The van der Waals surface area contributed by atoms with Crippen LogP contribution in [-0.2, 0) is 0 Å². The number of hydrogen-bond donors (Lipinski definition) is 1. The molecule has 0 saturated carbocycles. The summed E-state index contributed by atoms with van der Waals surface area (Å²) in [4.78, 5) is 23.2. The van der Waals surface area contributed by atoms with Gasteiger partial charge in [0.15, 0.2) is 23.1 Å². The summed E-state index contributed by atoms with van der Waals surface area (Å²) in [5, 5.41) is 4.02. The summed E-state index contributed by atoms with van der Waals surface area (Å²) >= 11 is 5.98. The Balaban J connectivity index is 1.08. The molecule has 0 bridgehead atoms. The van der Waals surface area contributed by atoms with Gasteiger partial charge in [-0.3, -0.25) is 9.88 Å². The van der Waals surface area contributed by atoms with Crippen molar-refractivity contribution in [3.05, 3.63) is 90.1 Å². The Hall–Kier alpha value is -4.54. The fourth-order valence-electron chi connectivity index (χ4n) is 5.47. The number of amides is 2. The standard InChI is InChI=1S/C34H35ClFN5O4/c1-43-32-21-27-29(22-33(32)44-19-5-16-39-14-3-2-4-15-39)37-13-12-30(27)45-31-11-8-25(20-28(31)36)38-34(42)41-18-17-40(23-41)26-9-6-24(35)7-10-26/h6-13,17-18,20-22H,2-5,14-16,19,23H2,1H3,(H,38,42). The monoisotopic (exact) mass is 631 g/mol. The van der Waals surface area contributed by atoms with Gasteiger partial charge in [-0.1, -0.05) is 18.0 Å². The van der Waals surface area contributed by atoms with E-state index in [1.807, 2.05) is 23.1 Å². The number of urea groups is 1. The van der Waals surface area contributed by atoms with Crippen LogP contribution < -0.4 is 24.4 Å². The molecule has 9 nitrogen and oxygen atoms in total. The Labute approximate surface area is 266 Å². The van der Waals surface area contributed by atoms with E-state index >= 15 is 4.39 Å². The number of hydrogen-bond acceptors (Lipinski definition) is 7. The number of benzene rings is 3. The predicted molar refractivity (Wildman–Crippen MR) is 174 cm³/mol. The summed E-state index contributed by atoms with van der Waals surface area (Å²) in [6.07, 6.45) is 9.83. The van der Waals surface area contributed by atoms with Crippen molar-refractivity contribution in [2.75, 3.05) is 50.2 Å². The highest BCUT2D eigenvalue weighted by atomic mass is 35.5. The number of anilines is 2. The van der Waals surface area contributed by atoms with Crippen LogP contribution in [0.3, 0.4) is 0 Å². The lowest BCUT2D eigenvalue weighted by Crippen LogP contribution is -2.33. The number of carbonyl (C=O) groups excluding carboxylic acids is 1. The van der Waals surface area contributed by atoms with Crippen LogP contribution in [-0.4, -0.2) is 60.8 Å². The highest BCUT2D eigenvalue weighted by molar-refractivity contribution is 6.30. The molecule has 2 amide bonds. The van der Waals surface area contributed by atoms with Crippen molar-refractivity contribution in [1.29, 1.82) is 0 Å². The third-order valence-corrected chi connectivity index (χ3v) is 8.12. The average Bonchev–Trinajstić information content (AvgIpc) is 3.56. The van der Waals surface area contributed by atoms with Crippen LogP contribution >= 0.6 is 11.6 Å². The minimum absolute atomic E-state index is 0.00693. The molecule has 0 spiro atoms. The number of carbonyl (C=O) groups is 1. The van der Waals surface area contributed by atoms with Crippen LogP contribution in [0.1, 0.15) is 25.7 Å². The van der Waals surface area contributed by atoms with Gasteiger partial charge in [0.25, 0.3) is 0 Å². The average molecular weight is 632 g/mol. The molecule has 11 heteroatoms. The van der Waals surface area contributed by atoms with Gasteiger partial charge in [0, 0.05) is 59.1 Å². The van der Waals surface area contributed by atoms with Gasteiger partial charge >= 0.3 is 6.03 Å². The van der Waals surface area contributed by atoms with Gasteiger partial charge < -0.3 is 29.3 Å². The molecule has 0 unspecified atom stereocenters. The topological polar surface area (TPSA) is 79.4 Å². The van der Waals surface area contributed by atoms with Crippen molar-refractivity contribution >= 4 is 39.9 Å². The molecule has 0 radical (unpaired) electrons. The highest BCUT2D eigenvalue weighted by Crippen LogP contribution is 2.38. The van der Waals surface area contributed by atoms with E-state index in [2.05, 4.69) is 15.2 Å². The van der Waals surface area contributed by atoms with Crippen molar-refractivity contribution in [3.8, 4) is 23.0 Å². The first kappa shape index (κ1) is 30.5. The minimum atomic E-state index is -0.627. The molecule has 234 valence electrons. The summed E-state index contributed by atoms with van der Waals surface area (Å²) in [7, 11) is 1.58. The van der Waals surface area contributed by atoms with Gasteiger partial charge in [0.1, 0.15) is 12.4 Å². The Kier molecular flexibility index (Phi) is 9.52. The van der Waals surface area contributed by atoms with Gasteiger partial charge in [0.2, 0.25) is 0 Å². The number of aromatic nitrogens is 1. The first-order valence-corrected chi connectivity index (χ1v) is 15.4. The second kappa shape index (κ2) is 14.0. The lowest BCUT2D eigenvalue weighted by Gasteiger charge is -2.26. The number of fused-ring (bicyclic) bond motifs is 1. The summed E-state index contributed by atoms with van der Waals surface area (Å²) in [6.45, 7) is 4.20. The molecular formula is C34H35ClFN5O4. The summed E-state index contributed by atoms with van der Waals surface area (Å²) in [5.41, 5.74) is 1.83. The molecule has 4 aromatic rings. The maximum absolute atomic E-state index is 15.2. The van der Waals surface area contributed by atoms with Crippen molar-refractivity contribution < 1.29 is 23.4 Å².